The van der Waals surface area contributed by atoms with Crippen LogP contribution in [0.15, 0.2) is 6.07 Å². The summed E-state index contributed by atoms with van der Waals surface area (Å²) in [6.45, 7) is 1.17. The first-order valence-corrected chi connectivity index (χ1v) is 8.22. The van der Waals surface area contributed by atoms with Crippen molar-refractivity contribution < 1.29 is 0 Å². The zero-order valence-corrected chi connectivity index (χ0v) is 11.5. The molecule has 2 bridgehead atoms. The SMILES string of the molecule is c1c(C2CC3CCC2C3)nn2c1NCC1CCCC12. The van der Waals surface area contributed by atoms with Crippen LogP contribution in [0.1, 0.15) is 62.6 Å². The molecule has 4 aliphatic rings. The second kappa shape index (κ2) is 3.77. The highest BCUT2D eigenvalue weighted by Gasteiger charge is 2.42. The number of anilines is 1. The number of aromatic nitrogens is 2. The van der Waals surface area contributed by atoms with E-state index in [0.717, 1.165) is 23.7 Å². The third-order valence-electron chi connectivity index (χ3n) is 6.35. The summed E-state index contributed by atoms with van der Waals surface area (Å²) >= 11 is 0. The molecule has 102 valence electrons. The van der Waals surface area contributed by atoms with Gasteiger partial charge in [0.15, 0.2) is 0 Å². The van der Waals surface area contributed by atoms with E-state index in [2.05, 4.69) is 16.1 Å². The Morgan fingerprint density at radius 1 is 1.11 bits per heavy atom. The summed E-state index contributed by atoms with van der Waals surface area (Å²) in [7, 11) is 0. The van der Waals surface area contributed by atoms with Gasteiger partial charge in [-0.1, -0.05) is 12.8 Å². The molecule has 1 aromatic rings. The van der Waals surface area contributed by atoms with Crippen molar-refractivity contribution in [2.24, 2.45) is 17.8 Å². The molecule has 3 fully saturated rings. The van der Waals surface area contributed by atoms with E-state index in [1.54, 1.807) is 0 Å². The molecule has 1 N–H and O–H groups in total. The van der Waals surface area contributed by atoms with Crippen molar-refractivity contribution in [1.82, 2.24) is 9.78 Å². The lowest BCUT2D eigenvalue weighted by Crippen LogP contribution is -2.29. The van der Waals surface area contributed by atoms with Gasteiger partial charge in [-0.05, 0) is 49.9 Å². The van der Waals surface area contributed by atoms with E-state index in [-0.39, 0.29) is 0 Å². The fourth-order valence-corrected chi connectivity index (χ4v) is 5.40. The van der Waals surface area contributed by atoms with Crippen LogP contribution in [0.2, 0.25) is 0 Å². The largest absolute Gasteiger partial charge is 0.370 e. The molecule has 2 heterocycles. The van der Waals surface area contributed by atoms with Gasteiger partial charge in [0.2, 0.25) is 0 Å². The molecule has 3 aliphatic carbocycles. The van der Waals surface area contributed by atoms with Gasteiger partial charge in [-0.3, -0.25) is 0 Å². The zero-order chi connectivity index (χ0) is 12.4. The molecule has 1 aromatic heterocycles. The summed E-state index contributed by atoms with van der Waals surface area (Å²) in [5, 5.41) is 8.67. The summed E-state index contributed by atoms with van der Waals surface area (Å²) in [5.74, 6) is 4.88. The van der Waals surface area contributed by atoms with Crippen molar-refractivity contribution in [2.45, 2.75) is 56.9 Å². The van der Waals surface area contributed by atoms with Crippen molar-refractivity contribution in [1.29, 1.82) is 0 Å². The summed E-state index contributed by atoms with van der Waals surface area (Å²) in [4.78, 5) is 0. The Hall–Kier alpha value is -0.990. The Kier molecular flexibility index (Phi) is 2.13. The first-order chi connectivity index (χ1) is 9.38. The number of nitrogens with zero attached hydrogens (tertiary/aromatic N) is 2. The lowest BCUT2D eigenvalue weighted by atomic mass is 9.86. The monoisotopic (exact) mass is 257 g/mol. The molecule has 0 saturated heterocycles. The second-order valence-corrected chi connectivity index (χ2v) is 7.32. The number of nitrogens with one attached hydrogen (secondary N) is 1. The van der Waals surface area contributed by atoms with E-state index < -0.39 is 0 Å². The van der Waals surface area contributed by atoms with Crippen molar-refractivity contribution >= 4 is 5.82 Å². The summed E-state index contributed by atoms with van der Waals surface area (Å²) in [5.41, 5.74) is 1.40. The molecule has 0 radical (unpaired) electrons. The van der Waals surface area contributed by atoms with Crippen LogP contribution in [0, 0.1) is 17.8 Å². The second-order valence-electron chi connectivity index (χ2n) is 7.32. The summed E-state index contributed by atoms with van der Waals surface area (Å²) in [6, 6.07) is 3.07. The lowest BCUT2D eigenvalue weighted by Gasteiger charge is -2.28. The Labute approximate surface area is 114 Å². The molecule has 5 atom stereocenters. The van der Waals surface area contributed by atoms with Gasteiger partial charge in [0, 0.05) is 18.5 Å². The molecule has 19 heavy (non-hydrogen) atoms. The molecule has 3 saturated carbocycles. The fourth-order valence-electron chi connectivity index (χ4n) is 5.40. The van der Waals surface area contributed by atoms with Crippen LogP contribution in [-0.2, 0) is 0 Å². The highest BCUT2D eigenvalue weighted by atomic mass is 15.4. The normalized spacial score (nSPS) is 43.1. The first kappa shape index (κ1) is 10.8. The number of rotatable bonds is 1. The van der Waals surface area contributed by atoms with Crippen molar-refractivity contribution in [2.75, 3.05) is 11.9 Å². The maximum absolute atomic E-state index is 5.05. The minimum atomic E-state index is 0.698. The molecule has 3 nitrogen and oxygen atoms in total. The Balaban J connectivity index is 1.49. The molecular weight excluding hydrogens is 234 g/mol. The predicted octanol–water partition coefficient (Wildman–Crippen LogP) is 3.55. The van der Waals surface area contributed by atoms with Crippen LogP contribution in [0.25, 0.3) is 0 Å². The lowest BCUT2D eigenvalue weighted by molar-refractivity contribution is 0.339. The van der Waals surface area contributed by atoms with E-state index in [0.29, 0.717) is 6.04 Å². The molecule has 0 spiro atoms. The Bertz CT molecular complexity index is 506. The van der Waals surface area contributed by atoms with Crippen LogP contribution in [0.3, 0.4) is 0 Å². The van der Waals surface area contributed by atoms with Crippen LogP contribution in [0.4, 0.5) is 5.82 Å². The topological polar surface area (TPSA) is 29.9 Å². The third kappa shape index (κ3) is 1.47. The standard InChI is InChI=1S/C16H23N3/c1-2-12-9-17-16-8-14(18-19(16)15(12)3-1)13-7-10-4-5-11(13)6-10/h8,10-13,15,17H,1-7,9H2. The molecule has 3 heteroatoms. The maximum atomic E-state index is 5.05. The maximum Gasteiger partial charge on any atom is 0.124 e. The van der Waals surface area contributed by atoms with Crippen LogP contribution < -0.4 is 5.32 Å². The highest BCUT2D eigenvalue weighted by molar-refractivity contribution is 5.41. The van der Waals surface area contributed by atoms with Crippen LogP contribution in [0.5, 0.6) is 0 Å². The van der Waals surface area contributed by atoms with Crippen molar-refractivity contribution in [3.8, 4) is 0 Å². The zero-order valence-electron chi connectivity index (χ0n) is 11.5. The van der Waals surface area contributed by atoms with Gasteiger partial charge < -0.3 is 5.32 Å². The molecular formula is C16H23N3. The van der Waals surface area contributed by atoms with E-state index in [4.69, 9.17) is 5.10 Å². The highest BCUT2D eigenvalue weighted by Crippen LogP contribution is 2.53. The van der Waals surface area contributed by atoms with Crippen molar-refractivity contribution in [3.63, 3.8) is 0 Å². The van der Waals surface area contributed by atoms with E-state index >= 15 is 0 Å². The fraction of sp³-hybridized carbons (Fsp3) is 0.812. The minimum absolute atomic E-state index is 0.698. The van der Waals surface area contributed by atoms with Gasteiger partial charge in [0.05, 0.1) is 11.7 Å². The van der Waals surface area contributed by atoms with Gasteiger partial charge in [-0.15, -0.1) is 0 Å². The third-order valence-corrected chi connectivity index (χ3v) is 6.35. The molecule has 5 rings (SSSR count). The van der Waals surface area contributed by atoms with E-state index in [1.807, 2.05) is 0 Å². The summed E-state index contributed by atoms with van der Waals surface area (Å²) < 4.78 is 2.35. The smallest absolute Gasteiger partial charge is 0.124 e. The average Bonchev–Trinajstić information content (AvgIpc) is 3.19. The Morgan fingerprint density at radius 2 is 2.11 bits per heavy atom. The van der Waals surface area contributed by atoms with E-state index in [1.165, 1.54) is 63.0 Å². The van der Waals surface area contributed by atoms with Gasteiger partial charge in [-0.25, -0.2) is 4.68 Å². The minimum Gasteiger partial charge on any atom is -0.370 e. The first-order valence-electron chi connectivity index (χ1n) is 8.22. The van der Waals surface area contributed by atoms with E-state index in [9.17, 15) is 0 Å². The molecule has 0 amide bonds. The Morgan fingerprint density at radius 3 is 2.95 bits per heavy atom. The number of hydrogen-bond acceptors (Lipinski definition) is 2. The predicted molar refractivity (Wildman–Crippen MR) is 75.3 cm³/mol. The van der Waals surface area contributed by atoms with Crippen LogP contribution in [-0.4, -0.2) is 16.3 Å². The van der Waals surface area contributed by atoms with Gasteiger partial charge in [0.1, 0.15) is 5.82 Å². The van der Waals surface area contributed by atoms with Crippen molar-refractivity contribution in [3.05, 3.63) is 11.8 Å². The molecule has 0 aromatic carbocycles. The quantitative estimate of drug-likeness (QED) is 0.833. The molecule has 5 unspecified atom stereocenters. The number of hydrogen-bond donors (Lipinski definition) is 1. The van der Waals surface area contributed by atoms with Gasteiger partial charge >= 0.3 is 0 Å². The average molecular weight is 257 g/mol. The van der Waals surface area contributed by atoms with Crippen LogP contribution >= 0.6 is 0 Å². The van der Waals surface area contributed by atoms with Gasteiger partial charge in [0.25, 0.3) is 0 Å². The summed E-state index contributed by atoms with van der Waals surface area (Å²) in [6.07, 6.45) is 9.95. The van der Waals surface area contributed by atoms with Gasteiger partial charge in [-0.2, -0.15) is 5.10 Å². The molecule has 1 aliphatic heterocycles. The number of fused-ring (bicyclic) bond motifs is 5.